The SMILES string of the molecule is CCOC(=O)[C@H](Cc1ccccc1)NC(=O)[C@@H](Cc1ccccc1)NC(=O)[C@H](Cc1cnc[nH]1)NC(=O)OCc1ccccc1. The van der Waals surface area contributed by atoms with E-state index in [1.54, 1.807) is 13.1 Å². The van der Waals surface area contributed by atoms with Crippen molar-refractivity contribution in [1.29, 1.82) is 0 Å². The number of benzene rings is 3. The molecule has 4 rings (SSSR count). The van der Waals surface area contributed by atoms with Crippen molar-refractivity contribution in [3.63, 3.8) is 0 Å². The molecule has 4 aromatic rings. The van der Waals surface area contributed by atoms with Crippen molar-refractivity contribution < 1.29 is 28.7 Å². The fraction of sp³-hybridized carbons (Fsp3) is 0.265. The highest BCUT2D eigenvalue weighted by molar-refractivity contribution is 5.93. The Hall–Kier alpha value is -5.45. The van der Waals surface area contributed by atoms with Crippen molar-refractivity contribution in [2.45, 2.75) is 50.9 Å². The number of aromatic nitrogens is 2. The molecule has 45 heavy (non-hydrogen) atoms. The lowest BCUT2D eigenvalue weighted by Gasteiger charge is -2.25. The van der Waals surface area contributed by atoms with E-state index in [2.05, 4.69) is 25.9 Å². The number of ether oxygens (including phenoxy) is 2. The van der Waals surface area contributed by atoms with E-state index in [1.165, 1.54) is 6.33 Å². The van der Waals surface area contributed by atoms with Crippen molar-refractivity contribution in [3.05, 3.63) is 126 Å². The molecule has 1 aromatic heterocycles. The number of hydrogen-bond donors (Lipinski definition) is 4. The van der Waals surface area contributed by atoms with Gasteiger partial charge in [-0.05, 0) is 23.6 Å². The lowest BCUT2D eigenvalue weighted by Crippen LogP contribution is -2.57. The molecule has 11 heteroatoms. The number of rotatable bonds is 15. The Labute approximate surface area is 261 Å². The second-order valence-electron chi connectivity index (χ2n) is 10.3. The Morgan fingerprint density at radius 1 is 0.667 bits per heavy atom. The molecule has 3 amide bonds. The van der Waals surface area contributed by atoms with Crippen LogP contribution in [-0.2, 0) is 49.7 Å². The molecule has 1 heterocycles. The van der Waals surface area contributed by atoms with E-state index in [9.17, 15) is 19.2 Å². The lowest BCUT2D eigenvalue weighted by atomic mass is 10.0. The van der Waals surface area contributed by atoms with E-state index in [4.69, 9.17) is 9.47 Å². The average molecular weight is 612 g/mol. The van der Waals surface area contributed by atoms with Gasteiger partial charge in [0.05, 0.1) is 12.9 Å². The molecule has 0 saturated carbocycles. The number of nitrogens with zero attached hydrogens (tertiary/aromatic N) is 1. The van der Waals surface area contributed by atoms with Gasteiger partial charge >= 0.3 is 12.1 Å². The summed E-state index contributed by atoms with van der Waals surface area (Å²) in [5.41, 5.74) is 2.99. The standard InChI is InChI=1S/C34H37N5O6/c1-2-44-33(42)30(19-25-14-8-4-9-15-25)38-31(40)28(18-24-12-6-3-7-13-24)37-32(41)29(20-27-21-35-23-36-27)39-34(43)45-22-26-16-10-5-11-17-26/h3-17,21,23,28-30H,2,18-20,22H2,1H3,(H,35,36)(H,37,41)(H,38,40)(H,39,43)/t28-,29+,30+/m1/s1. The number of imidazole rings is 1. The summed E-state index contributed by atoms with van der Waals surface area (Å²) in [5.74, 6) is -1.78. The fourth-order valence-electron chi connectivity index (χ4n) is 4.62. The van der Waals surface area contributed by atoms with Gasteiger partial charge in [0.1, 0.15) is 24.7 Å². The summed E-state index contributed by atoms with van der Waals surface area (Å²) in [5, 5.41) is 8.19. The zero-order valence-corrected chi connectivity index (χ0v) is 25.0. The Morgan fingerprint density at radius 3 is 1.71 bits per heavy atom. The zero-order chi connectivity index (χ0) is 31.9. The van der Waals surface area contributed by atoms with Crippen LogP contribution in [0, 0.1) is 0 Å². The molecule has 0 radical (unpaired) electrons. The monoisotopic (exact) mass is 611 g/mol. The zero-order valence-electron chi connectivity index (χ0n) is 25.0. The summed E-state index contributed by atoms with van der Waals surface area (Å²) in [6.07, 6.45) is 2.60. The largest absolute Gasteiger partial charge is 0.464 e. The highest BCUT2D eigenvalue weighted by Crippen LogP contribution is 2.09. The summed E-state index contributed by atoms with van der Waals surface area (Å²) in [4.78, 5) is 60.0. The predicted octanol–water partition coefficient (Wildman–Crippen LogP) is 3.27. The molecule has 0 fully saturated rings. The van der Waals surface area contributed by atoms with E-state index in [0.29, 0.717) is 5.69 Å². The van der Waals surface area contributed by atoms with Crippen molar-refractivity contribution in [3.8, 4) is 0 Å². The number of aromatic amines is 1. The van der Waals surface area contributed by atoms with Crippen LogP contribution in [0.2, 0.25) is 0 Å². The van der Waals surface area contributed by atoms with E-state index in [1.807, 2.05) is 91.0 Å². The molecule has 0 aliphatic rings. The minimum atomic E-state index is -1.11. The number of H-pyrrole nitrogens is 1. The minimum Gasteiger partial charge on any atom is -0.464 e. The molecule has 4 N–H and O–H groups in total. The Kier molecular flexibility index (Phi) is 12.3. The summed E-state index contributed by atoms with van der Waals surface area (Å²) < 4.78 is 10.6. The van der Waals surface area contributed by atoms with Crippen LogP contribution in [0.4, 0.5) is 4.79 Å². The summed E-state index contributed by atoms with van der Waals surface area (Å²) in [6, 6.07) is 24.4. The van der Waals surface area contributed by atoms with Crippen molar-refractivity contribution >= 4 is 23.9 Å². The number of alkyl carbamates (subject to hydrolysis) is 1. The van der Waals surface area contributed by atoms with Crippen molar-refractivity contribution in [1.82, 2.24) is 25.9 Å². The molecular formula is C34H37N5O6. The van der Waals surface area contributed by atoms with E-state index in [-0.39, 0.29) is 32.5 Å². The molecule has 0 unspecified atom stereocenters. The van der Waals surface area contributed by atoms with Gasteiger partial charge in [-0.25, -0.2) is 14.6 Å². The van der Waals surface area contributed by atoms with Gasteiger partial charge in [-0.1, -0.05) is 91.0 Å². The maximum absolute atomic E-state index is 13.8. The molecule has 11 nitrogen and oxygen atoms in total. The van der Waals surface area contributed by atoms with Crippen molar-refractivity contribution in [2.24, 2.45) is 0 Å². The molecule has 0 bridgehead atoms. The first kappa shape index (κ1) is 32.5. The Morgan fingerprint density at radius 2 is 1.18 bits per heavy atom. The highest BCUT2D eigenvalue weighted by atomic mass is 16.5. The maximum atomic E-state index is 13.8. The Balaban J connectivity index is 1.51. The van der Waals surface area contributed by atoms with Gasteiger partial charge in [0.15, 0.2) is 0 Å². The van der Waals surface area contributed by atoms with Crippen LogP contribution in [0.1, 0.15) is 29.3 Å². The fourth-order valence-corrected chi connectivity index (χ4v) is 4.62. The molecule has 0 saturated heterocycles. The molecule has 3 atom stereocenters. The first-order valence-electron chi connectivity index (χ1n) is 14.7. The van der Waals surface area contributed by atoms with Gasteiger partial charge in [0.25, 0.3) is 0 Å². The third kappa shape index (κ3) is 10.6. The van der Waals surface area contributed by atoms with Crippen LogP contribution >= 0.6 is 0 Å². The maximum Gasteiger partial charge on any atom is 0.408 e. The number of hydrogen-bond acceptors (Lipinski definition) is 7. The van der Waals surface area contributed by atoms with Gasteiger partial charge in [-0.3, -0.25) is 9.59 Å². The van der Waals surface area contributed by atoms with Crippen LogP contribution in [0.5, 0.6) is 0 Å². The third-order valence-corrected chi connectivity index (χ3v) is 6.89. The van der Waals surface area contributed by atoms with Crippen LogP contribution in [0.15, 0.2) is 104 Å². The molecule has 234 valence electrons. The number of nitrogens with one attached hydrogen (secondary N) is 4. The quantitative estimate of drug-likeness (QED) is 0.151. The summed E-state index contributed by atoms with van der Waals surface area (Å²) in [7, 11) is 0. The van der Waals surface area contributed by atoms with Gasteiger partial charge in [-0.2, -0.15) is 0 Å². The molecule has 3 aromatic carbocycles. The second kappa shape index (κ2) is 17.0. The molecular weight excluding hydrogens is 574 g/mol. The van der Waals surface area contributed by atoms with Gasteiger partial charge in [0, 0.05) is 31.2 Å². The third-order valence-electron chi connectivity index (χ3n) is 6.89. The molecule has 0 aliphatic carbocycles. The second-order valence-corrected chi connectivity index (χ2v) is 10.3. The van der Waals surface area contributed by atoms with Gasteiger partial charge in [0.2, 0.25) is 11.8 Å². The van der Waals surface area contributed by atoms with Crippen LogP contribution in [0.3, 0.4) is 0 Å². The number of carbonyl (C=O) groups excluding carboxylic acids is 4. The first-order valence-corrected chi connectivity index (χ1v) is 14.7. The first-order chi connectivity index (χ1) is 21.9. The van der Waals surface area contributed by atoms with Gasteiger partial charge < -0.3 is 30.4 Å². The predicted molar refractivity (Wildman–Crippen MR) is 167 cm³/mol. The number of carbonyl (C=O) groups is 4. The molecule has 0 aliphatic heterocycles. The van der Waals surface area contributed by atoms with Crippen LogP contribution in [0.25, 0.3) is 0 Å². The topological polar surface area (TPSA) is 152 Å². The van der Waals surface area contributed by atoms with Crippen LogP contribution in [-0.4, -0.2) is 58.6 Å². The lowest BCUT2D eigenvalue weighted by molar-refractivity contribution is -0.147. The summed E-state index contributed by atoms with van der Waals surface area (Å²) in [6.45, 7) is 1.85. The smallest absolute Gasteiger partial charge is 0.408 e. The van der Waals surface area contributed by atoms with E-state index >= 15 is 0 Å². The number of amides is 3. The highest BCUT2D eigenvalue weighted by Gasteiger charge is 2.31. The van der Waals surface area contributed by atoms with Crippen LogP contribution < -0.4 is 16.0 Å². The van der Waals surface area contributed by atoms with E-state index in [0.717, 1.165) is 16.7 Å². The average Bonchev–Trinajstić information content (AvgIpc) is 3.57. The minimum absolute atomic E-state index is 0.0147. The van der Waals surface area contributed by atoms with Crippen molar-refractivity contribution in [2.75, 3.05) is 6.61 Å². The summed E-state index contributed by atoms with van der Waals surface area (Å²) >= 11 is 0. The number of esters is 1. The normalized spacial score (nSPS) is 12.6. The van der Waals surface area contributed by atoms with Gasteiger partial charge in [-0.15, -0.1) is 0 Å². The van der Waals surface area contributed by atoms with E-state index < -0.39 is 42.0 Å². The molecule has 0 spiro atoms. The Bertz CT molecular complexity index is 1500.